The van der Waals surface area contributed by atoms with Crippen molar-refractivity contribution in [1.29, 1.82) is 10.5 Å². The first-order valence-corrected chi connectivity index (χ1v) is 8.43. The third-order valence-electron chi connectivity index (χ3n) is 4.52. The summed E-state index contributed by atoms with van der Waals surface area (Å²) in [4.78, 5) is 11.5. The second-order valence-electron chi connectivity index (χ2n) is 6.06. The Morgan fingerprint density at radius 2 is 1.85 bits per heavy atom. The number of amides is 1. The van der Waals surface area contributed by atoms with Gasteiger partial charge in [0.15, 0.2) is 0 Å². The highest BCUT2D eigenvalue weighted by Crippen LogP contribution is 2.32. The molecule has 1 amide bonds. The van der Waals surface area contributed by atoms with Crippen molar-refractivity contribution < 1.29 is 4.79 Å². The molecule has 2 rings (SSSR count). The highest BCUT2D eigenvalue weighted by Gasteiger charge is 2.19. The Labute approximate surface area is 158 Å². The first kappa shape index (κ1) is 19.8. The quantitative estimate of drug-likeness (QED) is 0.536. The smallest absolute Gasteiger partial charge is 0.223 e. The normalized spacial score (nSPS) is 10.8. The highest BCUT2D eigenvalue weighted by atomic mass is 16.1. The fourth-order valence-electron chi connectivity index (χ4n) is 2.98. The SMILES string of the molecule is CNC(=O)C/C=C(/Cn1c(C)c(C#N)c(-c2ccc(C#N)cc2)c1C)NN. The van der Waals surface area contributed by atoms with Crippen molar-refractivity contribution in [1.82, 2.24) is 15.3 Å². The van der Waals surface area contributed by atoms with Gasteiger partial charge in [0.05, 0.1) is 23.7 Å². The molecule has 0 aliphatic carbocycles. The lowest BCUT2D eigenvalue weighted by Crippen LogP contribution is -2.26. The molecular weight excluding hydrogens is 340 g/mol. The number of rotatable bonds is 6. The van der Waals surface area contributed by atoms with Crippen molar-refractivity contribution in [2.24, 2.45) is 5.84 Å². The minimum absolute atomic E-state index is 0.111. The molecule has 0 spiro atoms. The molecule has 7 heteroatoms. The number of nitrogens with zero attached hydrogens (tertiary/aromatic N) is 3. The fourth-order valence-corrected chi connectivity index (χ4v) is 2.98. The molecule has 1 aromatic carbocycles. The number of carbonyl (C=O) groups is 1. The number of nitrogens with one attached hydrogen (secondary N) is 2. The summed E-state index contributed by atoms with van der Waals surface area (Å²) in [6.07, 6.45) is 1.94. The second-order valence-corrected chi connectivity index (χ2v) is 6.06. The molecule has 0 atom stereocenters. The van der Waals surface area contributed by atoms with Crippen LogP contribution in [0.15, 0.2) is 36.0 Å². The van der Waals surface area contributed by atoms with Crippen molar-refractivity contribution in [3.8, 4) is 23.3 Å². The largest absolute Gasteiger partial charge is 0.359 e. The van der Waals surface area contributed by atoms with Gasteiger partial charge in [0.25, 0.3) is 0 Å². The predicted octanol–water partition coefficient (Wildman–Crippen LogP) is 2.00. The van der Waals surface area contributed by atoms with E-state index < -0.39 is 0 Å². The van der Waals surface area contributed by atoms with Crippen LogP contribution >= 0.6 is 0 Å². The van der Waals surface area contributed by atoms with Gasteiger partial charge in [-0.15, -0.1) is 0 Å². The van der Waals surface area contributed by atoms with Gasteiger partial charge < -0.3 is 15.3 Å². The molecule has 0 saturated carbocycles. The lowest BCUT2D eigenvalue weighted by atomic mass is 10.0. The number of nitriles is 2. The summed E-state index contributed by atoms with van der Waals surface area (Å²) in [5, 5.41) is 21.2. The van der Waals surface area contributed by atoms with Gasteiger partial charge in [0.1, 0.15) is 6.07 Å². The van der Waals surface area contributed by atoms with E-state index in [9.17, 15) is 10.1 Å². The third kappa shape index (κ3) is 4.17. The molecule has 138 valence electrons. The summed E-state index contributed by atoms with van der Waals surface area (Å²) in [7, 11) is 1.58. The standard InChI is InChI=1S/C20H22N6O/c1-13-18(11-22)20(16-6-4-15(10-21)5-7-16)14(2)26(13)12-17(25-23)8-9-19(27)24-3/h4-8,25H,9,12,23H2,1-3H3,(H,24,27)/b17-8-. The van der Waals surface area contributed by atoms with E-state index >= 15 is 0 Å². The Morgan fingerprint density at radius 1 is 1.19 bits per heavy atom. The van der Waals surface area contributed by atoms with Crippen molar-refractivity contribution in [3.05, 3.63) is 58.6 Å². The monoisotopic (exact) mass is 362 g/mol. The molecule has 0 fully saturated rings. The summed E-state index contributed by atoms with van der Waals surface area (Å²) in [6.45, 7) is 4.23. The maximum Gasteiger partial charge on any atom is 0.223 e. The summed E-state index contributed by atoms with van der Waals surface area (Å²) < 4.78 is 1.99. The molecule has 0 bridgehead atoms. The summed E-state index contributed by atoms with van der Waals surface area (Å²) in [5.74, 6) is 5.50. The van der Waals surface area contributed by atoms with Crippen molar-refractivity contribution in [2.45, 2.75) is 26.8 Å². The number of hydrogen-bond acceptors (Lipinski definition) is 5. The van der Waals surface area contributed by atoms with E-state index in [2.05, 4.69) is 22.9 Å². The van der Waals surface area contributed by atoms with Crippen LogP contribution in [-0.2, 0) is 11.3 Å². The molecule has 0 aliphatic heterocycles. The van der Waals surface area contributed by atoms with Crippen LogP contribution in [0.5, 0.6) is 0 Å². The van der Waals surface area contributed by atoms with E-state index in [1.807, 2.05) is 30.5 Å². The highest BCUT2D eigenvalue weighted by molar-refractivity contribution is 5.77. The van der Waals surface area contributed by atoms with Gasteiger partial charge in [-0.3, -0.25) is 10.6 Å². The van der Waals surface area contributed by atoms with Gasteiger partial charge in [0, 0.05) is 36.1 Å². The van der Waals surface area contributed by atoms with Crippen LogP contribution < -0.4 is 16.6 Å². The number of nitrogens with two attached hydrogens (primary N) is 1. The zero-order valence-corrected chi connectivity index (χ0v) is 15.6. The molecule has 2 aromatic rings. The number of aromatic nitrogens is 1. The number of allylic oxidation sites excluding steroid dienone is 1. The minimum atomic E-state index is -0.111. The fraction of sp³-hybridized carbons (Fsp3) is 0.250. The zero-order chi connectivity index (χ0) is 20.0. The number of benzene rings is 1. The number of hydrogen-bond donors (Lipinski definition) is 3. The van der Waals surface area contributed by atoms with Crippen LogP contribution in [0.4, 0.5) is 0 Å². The van der Waals surface area contributed by atoms with E-state index in [1.165, 1.54) is 0 Å². The van der Waals surface area contributed by atoms with Gasteiger partial charge in [0.2, 0.25) is 5.91 Å². The molecule has 0 unspecified atom stereocenters. The van der Waals surface area contributed by atoms with Crippen LogP contribution in [0, 0.1) is 36.5 Å². The van der Waals surface area contributed by atoms with E-state index in [0.29, 0.717) is 23.4 Å². The van der Waals surface area contributed by atoms with E-state index in [1.54, 1.807) is 25.3 Å². The van der Waals surface area contributed by atoms with E-state index in [0.717, 1.165) is 22.5 Å². The molecule has 1 aromatic heterocycles. The second kappa shape index (κ2) is 8.70. The van der Waals surface area contributed by atoms with Crippen LogP contribution in [0.25, 0.3) is 11.1 Å². The topological polar surface area (TPSA) is 120 Å². The third-order valence-corrected chi connectivity index (χ3v) is 4.52. The molecule has 7 nitrogen and oxygen atoms in total. The lowest BCUT2D eigenvalue weighted by molar-refractivity contribution is -0.119. The molecule has 0 radical (unpaired) electrons. The summed E-state index contributed by atoms with van der Waals surface area (Å²) in [5.41, 5.74) is 7.89. The van der Waals surface area contributed by atoms with Gasteiger partial charge in [-0.25, -0.2) is 0 Å². The summed E-state index contributed by atoms with van der Waals surface area (Å²) in [6, 6.07) is 11.5. The number of carbonyl (C=O) groups excluding carboxylic acids is 1. The lowest BCUT2D eigenvalue weighted by Gasteiger charge is -2.13. The Balaban J connectivity index is 2.47. The van der Waals surface area contributed by atoms with Gasteiger partial charge in [-0.1, -0.05) is 18.2 Å². The summed E-state index contributed by atoms with van der Waals surface area (Å²) >= 11 is 0. The molecule has 1 heterocycles. The van der Waals surface area contributed by atoms with Crippen molar-refractivity contribution in [3.63, 3.8) is 0 Å². The van der Waals surface area contributed by atoms with Crippen molar-refractivity contribution in [2.75, 3.05) is 7.05 Å². The van der Waals surface area contributed by atoms with E-state index in [-0.39, 0.29) is 12.3 Å². The molecule has 27 heavy (non-hydrogen) atoms. The van der Waals surface area contributed by atoms with Crippen LogP contribution in [0.2, 0.25) is 0 Å². The Morgan fingerprint density at radius 3 is 2.37 bits per heavy atom. The molecule has 0 aliphatic rings. The van der Waals surface area contributed by atoms with E-state index in [4.69, 9.17) is 11.1 Å². The molecular formula is C20H22N6O. The van der Waals surface area contributed by atoms with Crippen molar-refractivity contribution >= 4 is 5.91 Å². The van der Waals surface area contributed by atoms with Gasteiger partial charge >= 0.3 is 0 Å². The first-order valence-electron chi connectivity index (χ1n) is 8.43. The maximum atomic E-state index is 11.5. The minimum Gasteiger partial charge on any atom is -0.359 e. The van der Waals surface area contributed by atoms with Crippen LogP contribution in [0.1, 0.15) is 28.9 Å². The van der Waals surface area contributed by atoms with Gasteiger partial charge in [-0.05, 0) is 31.5 Å². The van der Waals surface area contributed by atoms with Crippen LogP contribution in [0.3, 0.4) is 0 Å². The average molecular weight is 362 g/mol. The maximum absolute atomic E-state index is 11.5. The predicted molar refractivity (Wildman–Crippen MR) is 103 cm³/mol. The number of hydrazine groups is 1. The van der Waals surface area contributed by atoms with Crippen LogP contribution in [-0.4, -0.2) is 17.5 Å². The Kier molecular flexibility index (Phi) is 6.37. The first-order chi connectivity index (χ1) is 13.0. The molecule has 4 N–H and O–H groups in total. The Bertz CT molecular complexity index is 954. The van der Waals surface area contributed by atoms with Gasteiger partial charge in [-0.2, -0.15) is 10.5 Å². The zero-order valence-electron chi connectivity index (χ0n) is 15.6. The average Bonchev–Trinajstić information content (AvgIpc) is 2.94. The Hall–Kier alpha value is -3.55. The molecule has 0 saturated heterocycles.